The van der Waals surface area contributed by atoms with E-state index in [-0.39, 0.29) is 57.5 Å². The van der Waals surface area contributed by atoms with E-state index < -0.39 is 17.2 Å². The molecule has 4 aliphatic rings. The van der Waals surface area contributed by atoms with Crippen molar-refractivity contribution in [1.29, 1.82) is 0 Å². The molecular formula is C38H41F2N5O4. The van der Waals surface area contributed by atoms with Crippen molar-refractivity contribution < 1.29 is 28.8 Å². The molecule has 0 amide bonds. The molecule has 49 heavy (non-hydrogen) atoms. The zero-order chi connectivity index (χ0) is 34.1. The molecule has 4 heterocycles. The number of β-amino-alcohol motifs (C(OH)–C–C–N with tert-alkyl or cyclic N) is 1. The van der Waals surface area contributed by atoms with Crippen LogP contribution in [0.4, 0.5) is 14.6 Å². The molecule has 256 valence electrons. The van der Waals surface area contributed by atoms with Gasteiger partial charge in [0.15, 0.2) is 5.82 Å². The van der Waals surface area contributed by atoms with Gasteiger partial charge >= 0.3 is 6.01 Å². The zero-order valence-electron chi connectivity index (χ0n) is 27.6. The molecule has 2 aromatic carbocycles. The van der Waals surface area contributed by atoms with Crippen LogP contribution in [-0.2, 0) is 0 Å². The summed E-state index contributed by atoms with van der Waals surface area (Å²) in [7, 11) is 0. The van der Waals surface area contributed by atoms with E-state index in [4.69, 9.17) is 16.1 Å². The van der Waals surface area contributed by atoms with E-state index in [2.05, 4.69) is 20.8 Å². The van der Waals surface area contributed by atoms with E-state index in [1.54, 1.807) is 6.92 Å². The van der Waals surface area contributed by atoms with Crippen molar-refractivity contribution >= 4 is 27.5 Å². The lowest BCUT2D eigenvalue weighted by atomic mass is 9.73. The van der Waals surface area contributed by atoms with Crippen LogP contribution in [0.1, 0.15) is 70.3 Å². The first-order chi connectivity index (χ1) is 23.6. The number of halogens is 2. The number of hydrogen-bond acceptors (Lipinski definition) is 9. The van der Waals surface area contributed by atoms with Gasteiger partial charge in [0.05, 0.1) is 29.3 Å². The van der Waals surface area contributed by atoms with Crippen molar-refractivity contribution in [1.82, 2.24) is 19.9 Å². The number of aliphatic hydroxyl groups is 2. The molecule has 4 fully saturated rings. The van der Waals surface area contributed by atoms with Crippen LogP contribution in [0.25, 0.3) is 32.9 Å². The largest absolute Gasteiger partial charge is 0.508 e. The summed E-state index contributed by atoms with van der Waals surface area (Å²) in [5.74, 6) is 1.23. The summed E-state index contributed by atoms with van der Waals surface area (Å²) in [5.41, 5.74) is -1.14. The Kier molecular flexibility index (Phi) is 7.89. The second-order valence-corrected chi connectivity index (χ2v) is 14.9. The van der Waals surface area contributed by atoms with Crippen molar-refractivity contribution in [3.8, 4) is 35.4 Å². The Bertz CT molecular complexity index is 1990. The fourth-order valence-corrected chi connectivity index (χ4v) is 9.08. The first-order valence-electron chi connectivity index (χ1n) is 17.4. The lowest BCUT2D eigenvalue weighted by Gasteiger charge is -2.52. The molecule has 8 rings (SSSR count). The third kappa shape index (κ3) is 5.54. The highest BCUT2D eigenvalue weighted by molar-refractivity contribution is 6.03. The number of nitrogens with zero attached hydrogens (tertiary/aromatic N) is 5. The number of piperidine rings is 2. The molecule has 0 radical (unpaired) electrons. The van der Waals surface area contributed by atoms with E-state index >= 15 is 4.39 Å². The molecule has 3 N–H and O–H groups in total. The number of likely N-dealkylation sites (tertiary alicyclic amines) is 1. The zero-order valence-corrected chi connectivity index (χ0v) is 27.6. The third-order valence-corrected chi connectivity index (χ3v) is 11.5. The van der Waals surface area contributed by atoms with Crippen LogP contribution in [0.5, 0.6) is 11.8 Å². The van der Waals surface area contributed by atoms with Gasteiger partial charge < -0.3 is 25.0 Å². The van der Waals surface area contributed by atoms with Crippen LogP contribution in [-0.4, -0.2) is 85.2 Å². The first kappa shape index (κ1) is 32.1. The maximum Gasteiger partial charge on any atom is 0.319 e. The van der Waals surface area contributed by atoms with Crippen molar-refractivity contribution in [3.05, 3.63) is 47.7 Å². The molecular weight excluding hydrogens is 628 g/mol. The molecule has 11 heteroatoms. The summed E-state index contributed by atoms with van der Waals surface area (Å²) in [6.07, 6.45) is 15.2. The Labute approximate surface area is 283 Å². The molecule has 4 aromatic rings. The van der Waals surface area contributed by atoms with Gasteiger partial charge in [0.1, 0.15) is 28.6 Å². The average molecular weight is 670 g/mol. The summed E-state index contributed by atoms with van der Waals surface area (Å²) in [4.78, 5) is 18.5. The molecule has 2 saturated carbocycles. The number of phenols is 1. The normalized spacial score (nSPS) is 28.7. The number of anilines is 1. The number of hydrogen-bond donors (Lipinski definition) is 3. The van der Waals surface area contributed by atoms with Gasteiger partial charge in [-0.15, -0.1) is 6.42 Å². The fourth-order valence-electron chi connectivity index (χ4n) is 9.08. The predicted molar refractivity (Wildman–Crippen MR) is 182 cm³/mol. The number of fused-ring (bicyclic) bond motifs is 3. The number of rotatable bonds is 6. The van der Waals surface area contributed by atoms with Crippen LogP contribution >= 0.6 is 0 Å². The number of aliphatic hydroxyl groups excluding tert-OH is 1. The van der Waals surface area contributed by atoms with Gasteiger partial charge in [-0.05, 0) is 88.4 Å². The topological polar surface area (TPSA) is 115 Å². The summed E-state index contributed by atoms with van der Waals surface area (Å²) in [6.45, 7) is 4.07. The van der Waals surface area contributed by atoms with Crippen LogP contribution in [0.3, 0.4) is 0 Å². The maximum atomic E-state index is 16.9. The first-order valence-corrected chi connectivity index (χ1v) is 17.4. The van der Waals surface area contributed by atoms with E-state index in [0.717, 1.165) is 57.9 Å². The lowest BCUT2D eigenvalue weighted by Crippen LogP contribution is -2.59. The Balaban J connectivity index is 1.23. The molecule has 2 aliphatic carbocycles. The van der Waals surface area contributed by atoms with Crippen LogP contribution in [0.2, 0.25) is 0 Å². The second-order valence-electron chi connectivity index (χ2n) is 14.9. The molecule has 1 unspecified atom stereocenters. The van der Waals surface area contributed by atoms with Gasteiger partial charge in [0, 0.05) is 47.7 Å². The minimum Gasteiger partial charge on any atom is -0.508 e. The van der Waals surface area contributed by atoms with Gasteiger partial charge in [-0.3, -0.25) is 9.88 Å². The van der Waals surface area contributed by atoms with E-state index in [1.165, 1.54) is 30.5 Å². The lowest BCUT2D eigenvalue weighted by molar-refractivity contribution is -0.0740. The highest BCUT2D eigenvalue weighted by Gasteiger charge is 2.51. The quantitative estimate of drug-likeness (QED) is 0.223. The van der Waals surface area contributed by atoms with E-state index in [1.807, 2.05) is 4.90 Å². The Morgan fingerprint density at radius 1 is 1.08 bits per heavy atom. The predicted octanol–water partition coefficient (Wildman–Crippen LogP) is 5.70. The smallest absolute Gasteiger partial charge is 0.319 e. The van der Waals surface area contributed by atoms with Crippen molar-refractivity contribution in [2.45, 2.75) is 88.5 Å². The minimum atomic E-state index is -0.963. The Morgan fingerprint density at radius 3 is 2.65 bits per heavy atom. The summed E-state index contributed by atoms with van der Waals surface area (Å²) in [6, 6.07) is 6.25. The van der Waals surface area contributed by atoms with Crippen molar-refractivity contribution in [3.63, 3.8) is 0 Å². The number of ether oxygens (including phenoxy) is 1. The SMILES string of the molecule is C#Cc1c(F)ccc2cc(O)cc(-c3ncc4c(N5CCC[C@@](C)(O)C5)nc(OC[C@]56CCCC5N(C5CC(O)C5)CCC6)nc4c3F)c12. The Morgan fingerprint density at radius 2 is 1.88 bits per heavy atom. The van der Waals surface area contributed by atoms with Gasteiger partial charge in [0.2, 0.25) is 0 Å². The van der Waals surface area contributed by atoms with Gasteiger partial charge in [-0.2, -0.15) is 9.97 Å². The van der Waals surface area contributed by atoms with E-state index in [0.29, 0.717) is 48.2 Å². The standard InChI is InChI=1S/C38H41F2N5O4/c1-3-26-29(39)9-8-22-15-24(46)18-27(31(22)26)33-32(40)34-28(19-41-33)35(44-13-5-10-37(2,48)20-44)43-36(42-34)49-21-38-11-4-7-30(38)45(14-6-12-38)23-16-25(47)17-23/h1,8-9,15,18-19,23,25,30,46-48H,4-7,10-14,16-17,20-21H2,2H3/t23?,25?,30?,37-,38-/m1/s1. The summed E-state index contributed by atoms with van der Waals surface area (Å²) in [5, 5.41) is 32.6. The van der Waals surface area contributed by atoms with Crippen LogP contribution in [0, 0.1) is 29.4 Å². The van der Waals surface area contributed by atoms with Crippen molar-refractivity contribution in [2.75, 3.05) is 31.1 Å². The monoisotopic (exact) mass is 669 g/mol. The Hall–Kier alpha value is -4.11. The second kappa shape index (κ2) is 12.0. The van der Waals surface area contributed by atoms with E-state index in [9.17, 15) is 19.7 Å². The molecule has 9 nitrogen and oxygen atoms in total. The molecule has 2 aliphatic heterocycles. The average Bonchev–Trinajstić information content (AvgIpc) is 3.50. The van der Waals surface area contributed by atoms with Gasteiger partial charge in [-0.25, -0.2) is 8.78 Å². The number of pyridine rings is 1. The number of aromatic nitrogens is 3. The van der Waals surface area contributed by atoms with Crippen molar-refractivity contribution in [2.24, 2.45) is 5.41 Å². The minimum absolute atomic E-state index is 0.0282. The number of aromatic hydroxyl groups is 1. The van der Waals surface area contributed by atoms with Crippen LogP contribution in [0.15, 0.2) is 30.5 Å². The van der Waals surface area contributed by atoms with Gasteiger partial charge in [-0.1, -0.05) is 18.4 Å². The summed E-state index contributed by atoms with van der Waals surface area (Å²) >= 11 is 0. The molecule has 0 spiro atoms. The number of phenolic OH excluding ortho intramolecular Hbond substituents is 1. The number of terminal acetylenes is 1. The number of benzene rings is 2. The highest BCUT2D eigenvalue weighted by Crippen LogP contribution is 2.50. The third-order valence-electron chi connectivity index (χ3n) is 11.5. The highest BCUT2D eigenvalue weighted by atomic mass is 19.1. The molecule has 3 atom stereocenters. The van der Waals surface area contributed by atoms with Crippen LogP contribution < -0.4 is 9.64 Å². The summed E-state index contributed by atoms with van der Waals surface area (Å²) < 4.78 is 38.3. The molecule has 2 aromatic heterocycles. The fraction of sp³-hybridized carbons (Fsp3) is 0.500. The maximum absolute atomic E-state index is 16.9. The molecule has 2 saturated heterocycles. The van der Waals surface area contributed by atoms with Gasteiger partial charge in [0.25, 0.3) is 0 Å². The molecule has 0 bridgehead atoms.